The SMILES string of the molecule is CC1c2ncnc(N)c2C(c2ccc(C(=O)Nc3ncco3)cc2)=NCC1C1CCN(C(O)C=CCN(C)C2CC2)C1. The fourth-order valence-corrected chi connectivity index (χ4v) is 6.21. The number of likely N-dealkylation sites (tertiary alicyclic amines) is 1. The largest absolute Gasteiger partial charge is 0.432 e. The zero-order valence-electron chi connectivity index (χ0n) is 24.1. The maximum atomic E-state index is 12.6. The standard InChI is InChI=1S/C31H38N8O3/c1-19-24(22-11-14-39(17-22)25(40)4-3-13-38(2)23-9-10-23)16-34-28(26-27(19)35-18-36-29(26)32)20-5-7-21(8-6-20)30(41)37-31-33-12-15-42-31/h3-8,12,15,18-19,22-25,40H,9-11,13-14,16-17H2,1-2H3,(H2,32,35,36)(H,33,37,41). The van der Waals surface area contributed by atoms with E-state index in [0.717, 1.165) is 48.6 Å². The zero-order chi connectivity index (χ0) is 29.2. The molecule has 1 aliphatic carbocycles. The minimum Gasteiger partial charge on any atom is -0.432 e. The third-order valence-corrected chi connectivity index (χ3v) is 8.86. The number of nitrogens with two attached hydrogens (primary N) is 1. The first-order chi connectivity index (χ1) is 20.4. The number of aliphatic hydroxyl groups excluding tert-OH is 1. The van der Waals surface area contributed by atoms with Crippen LogP contribution in [-0.2, 0) is 0 Å². The van der Waals surface area contributed by atoms with Crippen LogP contribution in [0.3, 0.4) is 0 Å². The summed E-state index contributed by atoms with van der Waals surface area (Å²) < 4.78 is 5.12. The molecule has 1 amide bonds. The molecule has 1 saturated heterocycles. The van der Waals surface area contributed by atoms with Crippen LogP contribution < -0.4 is 11.1 Å². The Hall–Kier alpha value is -3.93. The number of nitrogens with zero attached hydrogens (tertiary/aromatic N) is 6. The molecule has 2 aromatic heterocycles. The van der Waals surface area contributed by atoms with Gasteiger partial charge in [-0.25, -0.2) is 15.0 Å². The summed E-state index contributed by atoms with van der Waals surface area (Å²) in [6.07, 6.45) is 11.3. The predicted molar refractivity (Wildman–Crippen MR) is 160 cm³/mol. The van der Waals surface area contributed by atoms with E-state index < -0.39 is 6.23 Å². The highest BCUT2D eigenvalue weighted by atomic mass is 16.4. The van der Waals surface area contributed by atoms with E-state index in [1.54, 1.807) is 12.1 Å². The maximum absolute atomic E-state index is 12.6. The van der Waals surface area contributed by atoms with Gasteiger partial charge in [-0.05, 0) is 56.4 Å². The molecule has 4 unspecified atom stereocenters. The third-order valence-electron chi connectivity index (χ3n) is 8.86. The Morgan fingerprint density at radius 1 is 1.24 bits per heavy atom. The first-order valence-electron chi connectivity index (χ1n) is 14.6. The van der Waals surface area contributed by atoms with Gasteiger partial charge in [0.25, 0.3) is 5.91 Å². The highest BCUT2D eigenvalue weighted by molar-refractivity contribution is 6.16. The molecule has 4 N–H and O–H groups in total. The molecule has 3 aromatic rings. The lowest BCUT2D eigenvalue weighted by Crippen LogP contribution is -2.34. The number of carbonyl (C=O) groups is 1. The average molecular weight is 571 g/mol. The van der Waals surface area contributed by atoms with E-state index in [1.165, 1.54) is 31.6 Å². The van der Waals surface area contributed by atoms with Gasteiger partial charge in [-0.15, -0.1) is 0 Å². The number of fused-ring (bicyclic) bond motifs is 1. The number of rotatable bonds is 9. The van der Waals surface area contributed by atoms with Crippen molar-refractivity contribution in [3.05, 3.63) is 77.6 Å². The molecule has 3 aliphatic rings. The van der Waals surface area contributed by atoms with E-state index in [4.69, 9.17) is 20.1 Å². The summed E-state index contributed by atoms with van der Waals surface area (Å²) >= 11 is 0. The van der Waals surface area contributed by atoms with E-state index in [1.807, 2.05) is 18.2 Å². The predicted octanol–water partition coefficient (Wildman–Crippen LogP) is 3.16. The molecular formula is C31H38N8O3. The fraction of sp³-hybridized carbons (Fsp3) is 0.452. The van der Waals surface area contributed by atoms with Gasteiger partial charge in [0.15, 0.2) is 0 Å². The lowest BCUT2D eigenvalue weighted by atomic mass is 9.79. The fourth-order valence-electron chi connectivity index (χ4n) is 6.21. The number of aliphatic hydroxyl groups is 1. The van der Waals surface area contributed by atoms with Crippen molar-refractivity contribution in [2.75, 3.05) is 44.3 Å². The normalized spacial score (nSPS) is 23.5. The number of hydrogen-bond acceptors (Lipinski definition) is 10. The quantitative estimate of drug-likeness (QED) is 0.330. The second-order valence-electron chi connectivity index (χ2n) is 11.6. The Labute approximate surface area is 245 Å². The number of likely N-dealkylation sites (N-methyl/N-ethyl adjacent to an activating group) is 1. The molecule has 0 bridgehead atoms. The van der Waals surface area contributed by atoms with Crippen molar-refractivity contribution < 1.29 is 14.3 Å². The number of oxazole rings is 1. The summed E-state index contributed by atoms with van der Waals surface area (Å²) in [7, 11) is 2.14. The summed E-state index contributed by atoms with van der Waals surface area (Å²) in [6, 6.07) is 8.07. The summed E-state index contributed by atoms with van der Waals surface area (Å²) in [5.74, 6) is 0.750. The molecule has 0 radical (unpaired) electrons. The van der Waals surface area contributed by atoms with E-state index in [2.05, 4.69) is 45.1 Å². The number of aliphatic imine (C=N–C) groups is 1. The van der Waals surface area contributed by atoms with E-state index in [0.29, 0.717) is 29.9 Å². The van der Waals surface area contributed by atoms with Gasteiger partial charge in [0.1, 0.15) is 24.6 Å². The zero-order valence-corrected chi connectivity index (χ0v) is 24.1. The Bertz CT molecular complexity index is 1450. The van der Waals surface area contributed by atoms with Crippen molar-refractivity contribution in [2.24, 2.45) is 16.8 Å². The number of amides is 1. The van der Waals surface area contributed by atoms with E-state index in [-0.39, 0.29) is 23.8 Å². The van der Waals surface area contributed by atoms with Crippen LogP contribution in [-0.4, -0.2) is 87.0 Å². The molecular weight excluding hydrogens is 532 g/mol. The van der Waals surface area contributed by atoms with Crippen LogP contribution in [0.4, 0.5) is 11.8 Å². The topological polar surface area (TPSA) is 146 Å². The second kappa shape index (κ2) is 12.1. The summed E-state index contributed by atoms with van der Waals surface area (Å²) in [5, 5.41) is 13.5. The Morgan fingerprint density at radius 2 is 2.05 bits per heavy atom. The number of aromatic nitrogens is 3. The number of hydrogen-bond donors (Lipinski definition) is 3. The van der Waals surface area contributed by atoms with Crippen LogP contribution in [0, 0.1) is 11.8 Å². The summed E-state index contributed by atoms with van der Waals surface area (Å²) in [5.41, 5.74) is 10.1. The lowest BCUT2D eigenvalue weighted by Gasteiger charge is -2.28. The Balaban J connectivity index is 1.19. The first kappa shape index (κ1) is 28.2. The molecule has 6 rings (SSSR count). The lowest BCUT2D eigenvalue weighted by molar-refractivity contribution is 0.0550. The van der Waals surface area contributed by atoms with Crippen LogP contribution in [0.15, 0.2) is 64.6 Å². The maximum Gasteiger partial charge on any atom is 0.301 e. The molecule has 0 spiro atoms. The molecule has 2 fully saturated rings. The molecule has 2 aliphatic heterocycles. The molecule has 11 nitrogen and oxygen atoms in total. The minimum atomic E-state index is -0.590. The molecule has 1 aromatic carbocycles. The van der Waals surface area contributed by atoms with Crippen molar-refractivity contribution in [3.63, 3.8) is 0 Å². The molecule has 11 heteroatoms. The molecule has 220 valence electrons. The second-order valence-corrected chi connectivity index (χ2v) is 11.6. The monoisotopic (exact) mass is 570 g/mol. The van der Waals surface area contributed by atoms with E-state index >= 15 is 0 Å². The summed E-state index contributed by atoms with van der Waals surface area (Å²) in [6.45, 7) is 5.30. The van der Waals surface area contributed by atoms with Gasteiger partial charge >= 0.3 is 6.01 Å². The van der Waals surface area contributed by atoms with Gasteiger partial charge in [-0.1, -0.05) is 25.1 Å². The van der Waals surface area contributed by atoms with Crippen molar-refractivity contribution >= 4 is 23.5 Å². The highest BCUT2D eigenvalue weighted by Gasteiger charge is 2.38. The molecule has 42 heavy (non-hydrogen) atoms. The molecule has 4 atom stereocenters. The van der Waals surface area contributed by atoms with Gasteiger partial charge in [0.05, 0.1) is 23.2 Å². The summed E-state index contributed by atoms with van der Waals surface area (Å²) in [4.78, 5) is 35.1. The number of nitrogen functional groups attached to an aromatic ring is 1. The number of carbonyl (C=O) groups excluding carboxylic acids is 1. The highest BCUT2D eigenvalue weighted by Crippen LogP contribution is 2.39. The third kappa shape index (κ3) is 5.99. The van der Waals surface area contributed by atoms with E-state index in [9.17, 15) is 9.90 Å². The van der Waals surface area contributed by atoms with Crippen LogP contribution in [0.2, 0.25) is 0 Å². The van der Waals surface area contributed by atoms with Gasteiger partial charge in [0, 0.05) is 49.3 Å². The van der Waals surface area contributed by atoms with Gasteiger partial charge in [-0.3, -0.25) is 24.9 Å². The van der Waals surface area contributed by atoms with Crippen LogP contribution >= 0.6 is 0 Å². The van der Waals surface area contributed by atoms with Gasteiger partial charge in [-0.2, -0.15) is 0 Å². The van der Waals surface area contributed by atoms with Crippen LogP contribution in [0.25, 0.3) is 0 Å². The smallest absolute Gasteiger partial charge is 0.301 e. The number of nitrogens with one attached hydrogen (secondary N) is 1. The number of benzene rings is 1. The first-order valence-corrected chi connectivity index (χ1v) is 14.6. The van der Waals surface area contributed by atoms with Crippen LogP contribution in [0.1, 0.15) is 59.3 Å². The van der Waals surface area contributed by atoms with Crippen molar-refractivity contribution in [1.82, 2.24) is 24.8 Å². The van der Waals surface area contributed by atoms with Crippen molar-refractivity contribution in [1.29, 1.82) is 0 Å². The van der Waals surface area contributed by atoms with Crippen molar-refractivity contribution in [3.8, 4) is 0 Å². The Kier molecular flexibility index (Phi) is 8.14. The number of anilines is 2. The van der Waals surface area contributed by atoms with Gasteiger partial charge in [0.2, 0.25) is 0 Å². The van der Waals surface area contributed by atoms with Crippen molar-refractivity contribution in [2.45, 2.75) is 44.4 Å². The molecule has 1 saturated carbocycles. The van der Waals surface area contributed by atoms with Gasteiger partial charge < -0.3 is 15.3 Å². The average Bonchev–Trinajstić information content (AvgIpc) is 3.56. The Morgan fingerprint density at radius 3 is 2.79 bits per heavy atom. The van der Waals surface area contributed by atoms with Crippen LogP contribution in [0.5, 0.6) is 0 Å². The molecule has 4 heterocycles. The minimum absolute atomic E-state index is 0.0993.